The lowest BCUT2D eigenvalue weighted by atomic mass is 10.0. The molecule has 0 bridgehead atoms. The predicted octanol–water partition coefficient (Wildman–Crippen LogP) is 10.7. The molecule has 0 aromatic rings. The smallest absolute Gasteiger partial charge is 0.243 e. The maximum Gasteiger partial charge on any atom is 0.243 e. The zero-order valence-corrected chi connectivity index (χ0v) is 56.4. The third-order valence-corrected chi connectivity index (χ3v) is 18.0. The van der Waals surface area contributed by atoms with Gasteiger partial charge in [0.2, 0.25) is 23.6 Å². The van der Waals surface area contributed by atoms with Gasteiger partial charge in [0.15, 0.2) is 0 Å². The van der Waals surface area contributed by atoms with Gasteiger partial charge in [0.1, 0.15) is 12.1 Å². The molecule has 498 valence electrons. The summed E-state index contributed by atoms with van der Waals surface area (Å²) in [6.07, 6.45) is 49.7. The highest BCUT2D eigenvalue weighted by molar-refractivity contribution is 8.76. The molecule has 0 aliphatic carbocycles. The lowest BCUT2D eigenvalue weighted by Gasteiger charge is -2.20. The molecule has 16 nitrogen and oxygen atoms in total. The number of unbranched alkanes of at least 4 members (excludes halogenated alkanes) is 32. The molecule has 4 amide bonds. The molecular weight excluding hydrogens is 1090 g/mol. The van der Waals surface area contributed by atoms with Crippen molar-refractivity contribution in [1.29, 1.82) is 0 Å². The topological polar surface area (TPSA) is 241 Å². The first-order valence-electron chi connectivity index (χ1n) is 35.4. The number of hydrogen-bond acceptors (Lipinski definition) is 14. The van der Waals surface area contributed by atoms with Crippen molar-refractivity contribution in [2.45, 2.75) is 283 Å². The summed E-state index contributed by atoms with van der Waals surface area (Å²) in [5.41, 5.74) is 11.1. The predicted molar refractivity (Wildman–Crippen MR) is 366 cm³/mol. The summed E-state index contributed by atoms with van der Waals surface area (Å²) in [6, 6.07) is -1.47. The number of carbonyl (C=O) groups excluding carboxylic acids is 4. The monoisotopic (exact) mass is 1230 g/mol. The van der Waals surface area contributed by atoms with Crippen molar-refractivity contribution < 1.29 is 19.2 Å². The molecule has 14 N–H and O–H groups in total. The van der Waals surface area contributed by atoms with Crippen LogP contribution in [0, 0.1) is 0 Å². The van der Waals surface area contributed by atoms with Gasteiger partial charge < -0.3 is 64.6 Å². The van der Waals surface area contributed by atoms with Crippen molar-refractivity contribution in [3.63, 3.8) is 0 Å². The fraction of sp³-hybridized carbons (Fsp3) is 0.939. The van der Waals surface area contributed by atoms with Gasteiger partial charge in [0, 0.05) is 24.6 Å². The fourth-order valence-corrected chi connectivity index (χ4v) is 12.5. The Balaban J connectivity index is 5.15. The molecule has 0 aromatic carbocycles. The number of nitrogens with one attached hydrogen (secondary N) is 10. The number of hydrogen-bond donors (Lipinski definition) is 12. The Hall–Kier alpha value is -1.74. The van der Waals surface area contributed by atoms with Crippen LogP contribution in [0.4, 0.5) is 0 Å². The maximum atomic E-state index is 13.7. The largest absolute Gasteiger partial charge is 0.354 e. The zero-order valence-electron chi connectivity index (χ0n) is 54.8. The lowest BCUT2D eigenvalue weighted by Crippen LogP contribution is -2.51. The minimum Gasteiger partial charge on any atom is -0.354 e. The normalized spacial score (nSPS) is 12.2. The first kappa shape index (κ1) is 82.3. The Morgan fingerprint density at radius 2 is 0.512 bits per heavy atom. The second kappa shape index (κ2) is 70.3. The van der Waals surface area contributed by atoms with Crippen molar-refractivity contribution in [2.24, 2.45) is 11.5 Å². The first-order chi connectivity index (χ1) is 41.4. The van der Waals surface area contributed by atoms with E-state index in [0.29, 0.717) is 37.7 Å². The number of amides is 4. The van der Waals surface area contributed by atoms with Gasteiger partial charge in [-0.1, -0.05) is 228 Å². The summed E-state index contributed by atoms with van der Waals surface area (Å²) in [7, 11) is 2.90. The van der Waals surface area contributed by atoms with Crippen molar-refractivity contribution in [2.75, 3.05) is 116 Å². The van der Waals surface area contributed by atoms with Crippen LogP contribution in [-0.2, 0) is 19.2 Å². The third-order valence-electron chi connectivity index (χ3n) is 15.5. The van der Waals surface area contributed by atoms with Gasteiger partial charge in [-0.25, -0.2) is 0 Å². The summed E-state index contributed by atoms with van der Waals surface area (Å²) in [6.45, 7) is 16.4. The Bertz CT molecular complexity index is 1300. The van der Waals surface area contributed by atoms with Gasteiger partial charge in [0.25, 0.3) is 0 Å². The van der Waals surface area contributed by atoms with E-state index < -0.39 is 12.1 Å². The summed E-state index contributed by atoms with van der Waals surface area (Å²) < 4.78 is 0. The molecule has 0 rings (SSSR count). The molecule has 0 fully saturated rings. The Labute approximate surface area is 525 Å². The van der Waals surface area contributed by atoms with Crippen LogP contribution in [0.5, 0.6) is 0 Å². The van der Waals surface area contributed by atoms with Crippen LogP contribution < -0.4 is 64.6 Å². The van der Waals surface area contributed by atoms with E-state index in [1.807, 2.05) is 0 Å². The quantitative estimate of drug-likeness (QED) is 0.0200. The third kappa shape index (κ3) is 63.3. The molecule has 0 saturated carbocycles. The van der Waals surface area contributed by atoms with Crippen LogP contribution in [0.2, 0.25) is 0 Å². The summed E-state index contributed by atoms with van der Waals surface area (Å²) >= 11 is 0. The first-order valence-corrected chi connectivity index (χ1v) is 37.9. The summed E-state index contributed by atoms with van der Waals surface area (Å²) in [5, 5.41) is 32.6. The van der Waals surface area contributed by atoms with Gasteiger partial charge in [-0.3, -0.25) is 19.2 Å². The van der Waals surface area contributed by atoms with Crippen molar-refractivity contribution >= 4 is 45.2 Å². The second-order valence-electron chi connectivity index (χ2n) is 23.8. The van der Waals surface area contributed by atoms with E-state index in [4.69, 9.17) is 11.5 Å². The average molecular weight is 1230 g/mol. The van der Waals surface area contributed by atoms with Crippen LogP contribution >= 0.6 is 21.6 Å². The van der Waals surface area contributed by atoms with Crippen LogP contribution in [0.3, 0.4) is 0 Å². The number of nitrogens with two attached hydrogens (primary N) is 2. The molecule has 84 heavy (non-hydrogen) atoms. The molecule has 0 radical (unpaired) electrons. The van der Waals surface area contributed by atoms with Gasteiger partial charge >= 0.3 is 0 Å². The molecule has 0 aliphatic rings. The number of carbonyl (C=O) groups is 4. The summed E-state index contributed by atoms with van der Waals surface area (Å²) in [5.74, 6) is -0.160. The molecular formula is C66H138N12O4S2. The van der Waals surface area contributed by atoms with Crippen molar-refractivity contribution in [1.82, 2.24) is 53.2 Å². The van der Waals surface area contributed by atoms with Crippen molar-refractivity contribution in [3.05, 3.63) is 0 Å². The van der Waals surface area contributed by atoms with E-state index in [-0.39, 0.29) is 36.7 Å². The maximum absolute atomic E-state index is 13.7. The van der Waals surface area contributed by atoms with Crippen molar-refractivity contribution in [3.8, 4) is 0 Å². The van der Waals surface area contributed by atoms with E-state index in [2.05, 4.69) is 67.0 Å². The highest BCUT2D eigenvalue weighted by atomic mass is 33.1. The standard InChI is InChI=1S/C66H138N12O4S2/c1-3-5-7-9-11-13-15-17-19-21-23-25-27-29-31-33-55-75-65(81)61(77-63(79)57-73-53-41-51-71-47-37-35-45-69-49-39-43-67)59-83-84-60-62(78-64(80)58-74-54-42-52-72-48-38-36-46-70-50-40-44-68)66(82)76-56-34-32-30-28-26-24-22-20-18-16-14-12-10-8-6-4-2/h61-62,69-74H,3-60,67-68H2,1-2H3,(H,75,81)(H,76,82)(H,77,79)(H,78,80). The van der Waals surface area contributed by atoms with Gasteiger partial charge in [0.05, 0.1) is 13.1 Å². The fourth-order valence-electron chi connectivity index (χ4n) is 10.1. The highest BCUT2D eigenvalue weighted by Gasteiger charge is 2.24. The van der Waals surface area contributed by atoms with Gasteiger partial charge in [-0.2, -0.15) is 0 Å². The van der Waals surface area contributed by atoms with Crippen LogP contribution in [0.25, 0.3) is 0 Å². The average Bonchev–Trinajstić information content (AvgIpc) is 3.52. The molecule has 0 saturated heterocycles. The molecule has 18 heteroatoms. The van der Waals surface area contributed by atoms with E-state index in [9.17, 15) is 19.2 Å². The lowest BCUT2D eigenvalue weighted by molar-refractivity contribution is -0.128. The molecule has 0 spiro atoms. The van der Waals surface area contributed by atoms with Crippen LogP contribution in [0.15, 0.2) is 0 Å². The Morgan fingerprint density at radius 1 is 0.286 bits per heavy atom. The number of rotatable bonds is 71. The van der Waals surface area contributed by atoms with Crippen LogP contribution in [0.1, 0.15) is 271 Å². The Kier molecular flexibility index (Phi) is 68.9. The molecule has 0 heterocycles. The SMILES string of the molecule is CCCCCCCCCCCCCCCCCCNC(=O)C(CSSCC(NC(=O)CNCCCNCCCCNCCCN)C(=O)NCCCCCCCCCCCCCCCCCC)NC(=O)CNCCCNCCCCNCCCN. The summed E-state index contributed by atoms with van der Waals surface area (Å²) in [4.78, 5) is 53.9. The van der Waals surface area contributed by atoms with E-state index in [1.165, 1.54) is 201 Å². The highest BCUT2D eigenvalue weighted by Crippen LogP contribution is 2.24. The van der Waals surface area contributed by atoms with Gasteiger partial charge in [-0.05, 0) is 143 Å². The minimum absolute atomic E-state index is 0.127. The Morgan fingerprint density at radius 3 is 0.786 bits per heavy atom. The second-order valence-corrected chi connectivity index (χ2v) is 26.3. The minimum atomic E-state index is -0.733. The van der Waals surface area contributed by atoms with Crippen LogP contribution in [-0.4, -0.2) is 152 Å². The van der Waals surface area contributed by atoms with E-state index >= 15 is 0 Å². The van der Waals surface area contributed by atoms with E-state index in [0.717, 1.165) is 142 Å². The van der Waals surface area contributed by atoms with Gasteiger partial charge in [-0.15, -0.1) is 0 Å². The molecule has 0 aliphatic heterocycles. The molecule has 0 aromatic heterocycles. The zero-order chi connectivity index (χ0) is 61.0. The van der Waals surface area contributed by atoms with E-state index in [1.54, 1.807) is 0 Å². The molecule has 2 atom stereocenters. The molecule has 2 unspecified atom stereocenters.